The maximum absolute atomic E-state index is 13.5. The number of nitrogens with one attached hydrogen (secondary N) is 1. The third-order valence-corrected chi connectivity index (χ3v) is 4.33. The van der Waals surface area contributed by atoms with Crippen LogP contribution in [0.1, 0.15) is 38.7 Å². The molecule has 1 N–H and O–H groups in total. The van der Waals surface area contributed by atoms with Crippen LogP contribution in [-0.2, 0) is 4.79 Å². The lowest BCUT2D eigenvalue weighted by Gasteiger charge is -2.24. The van der Waals surface area contributed by atoms with Gasteiger partial charge in [-0.05, 0) is 45.5 Å². The Morgan fingerprint density at radius 1 is 1.44 bits per heavy atom. The van der Waals surface area contributed by atoms with Crippen molar-refractivity contribution in [3.63, 3.8) is 0 Å². The molecule has 1 aromatic carbocycles. The second kappa shape index (κ2) is 5.00. The first-order valence-corrected chi connectivity index (χ1v) is 7.04. The monoisotopic (exact) mass is 313 g/mol. The van der Waals surface area contributed by atoms with Crippen molar-refractivity contribution in [2.24, 2.45) is 11.8 Å². The van der Waals surface area contributed by atoms with Crippen LogP contribution in [0.4, 0.5) is 10.1 Å². The molecule has 0 saturated heterocycles. The van der Waals surface area contributed by atoms with Gasteiger partial charge in [0.2, 0.25) is 5.91 Å². The molecule has 0 spiro atoms. The van der Waals surface area contributed by atoms with Gasteiger partial charge in [-0.15, -0.1) is 0 Å². The summed E-state index contributed by atoms with van der Waals surface area (Å²) in [7, 11) is 0. The third kappa shape index (κ3) is 2.18. The summed E-state index contributed by atoms with van der Waals surface area (Å²) in [5.41, 5.74) is 1.51. The van der Waals surface area contributed by atoms with E-state index >= 15 is 0 Å². The summed E-state index contributed by atoms with van der Waals surface area (Å²) in [6, 6.07) is 2.87. The van der Waals surface area contributed by atoms with E-state index in [1.807, 2.05) is 0 Å². The Morgan fingerprint density at radius 3 is 2.67 bits per heavy atom. The van der Waals surface area contributed by atoms with Crippen molar-refractivity contribution in [1.29, 1.82) is 0 Å². The quantitative estimate of drug-likeness (QED) is 0.885. The van der Waals surface area contributed by atoms with Gasteiger partial charge in [-0.25, -0.2) is 4.39 Å². The number of hydrogen-bond acceptors (Lipinski definition) is 1. The number of halogens is 2. The molecule has 1 aliphatic heterocycles. The van der Waals surface area contributed by atoms with Crippen LogP contribution in [-0.4, -0.2) is 5.91 Å². The van der Waals surface area contributed by atoms with Crippen molar-refractivity contribution in [3.8, 4) is 0 Å². The molecule has 1 aliphatic rings. The van der Waals surface area contributed by atoms with E-state index in [1.165, 1.54) is 12.1 Å². The first-order chi connectivity index (χ1) is 8.45. The fourth-order valence-electron chi connectivity index (χ4n) is 2.83. The molecule has 0 aliphatic carbocycles. The number of carbonyl (C=O) groups excluding carboxylic acids is 1. The minimum atomic E-state index is -0.305. The number of benzene rings is 1. The average molecular weight is 314 g/mol. The smallest absolute Gasteiger partial charge is 0.232 e. The average Bonchev–Trinajstić information content (AvgIpc) is 2.58. The normalized spacial score (nSPS) is 19.9. The highest BCUT2D eigenvalue weighted by Crippen LogP contribution is 2.44. The molecule has 1 amide bonds. The number of carbonyl (C=O) groups is 1. The zero-order valence-corrected chi connectivity index (χ0v) is 12.3. The van der Waals surface area contributed by atoms with E-state index in [0.717, 1.165) is 17.7 Å². The highest BCUT2D eigenvalue weighted by Gasteiger charge is 2.38. The van der Waals surface area contributed by atoms with Gasteiger partial charge in [0.15, 0.2) is 0 Å². The van der Waals surface area contributed by atoms with Crippen molar-refractivity contribution in [2.45, 2.75) is 33.1 Å². The molecule has 2 atom stereocenters. The van der Waals surface area contributed by atoms with Gasteiger partial charge in [0, 0.05) is 4.47 Å². The Hall–Kier alpha value is -0.900. The summed E-state index contributed by atoms with van der Waals surface area (Å²) < 4.78 is 14.1. The lowest BCUT2D eigenvalue weighted by atomic mass is 9.78. The molecule has 18 heavy (non-hydrogen) atoms. The summed E-state index contributed by atoms with van der Waals surface area (Å²) >= 11 is 3.31. The van der Waals surface area contributed by atoms with Crippen molar-refractivity contribution < 1.29 is 9.18 Å². The van der Waals surface area contributed by atoms with Crippen LogP contribution < -0.4 is 5.32 Å². The van der Waals surface area contributed by atoms with E-state index in [0.29, 0.717) is 10.4 Å². The van der Waals surface area contributed by atoms with Crippen LogP contribution >= 0.6 is 15.9 Å². The highest BCUT2D eigenvalue weighted by atomic mass is 79.9. The molecule has 98 valence electrons. The largest absolute Gasteiger partial charge is 0.324 e. The number of rotatable bonds is 3. The molecule has 1 aromatic rings. The highest BCUT2D eigenvalue weighted by molar-refractivity contribution is 9.10. The standard InChI is InChI=1S/C14H17BrFNO/c1-4-9(7(2)3)12-10-5-8(16)6-11(15)13(10)17-14(12)18/h5-7,9,12H,4H2,1-3H3,(H,17,18). The summed E-state index contributed by atoms with van der Waals surface area (Å²) in [6.07, 6.45) is 0.906. The van der Waals surface area contributed by atoms with E-state index in [4.69, 9.17) is 0 Å². The van der Waals surface area contributed by atoms with E-state index in [-0.39, 0.29) is 23.6 Å². The topological polar surface area (TPSA) is 29.1 Å². The molecule has 2 unspecified atom stereocenters. The first kappa shape index (κ1) is 13.5. The lowest BCUT2D eigenvalue weighted by Crippen LogP contribution is -2.24. The van der Waals surface area contributed by atoms with E-state index in [2.05, 4.69) is 42.0 Å². The van der Waals surface area contributed by atoms with Crippen LogP contribution in [0.15, 0.2) is 16.6 Å². The number of anilines is 1. The molecule has 0 saturated carbocycles. The maximum Gasteiger partial charge on any atom is 0.232 e. The second-order valence-corrected chi connectivity index (χ2v) is 5.99. The fourth-order valence-corrected chi connectivity index (χ4v) is 3.38. The summed E-state index contributed by atoms with van der Waals surface area (Å²) in [5, 5.41) is 2.86. The molecular weight excluding hydrogens is 297 g/mol. The first-order valence-electron chi connectivity index (χ1n) is 6.25. The van der Waals surface area contributed by atoms with Gasteiger partial charge < -0.3 is 5.32 Å². The Morgan fingerprint density at radius 2 is 2.11 bits per heavy atom. The molecule has 1 heterocycles. The Bertz CT molecular complexity index is 487. The summed E-state index contributed by atoms with van der Waals surface area (Å²) in [5.74, 6) is 0.0632. The van der Waals surface area contributed by atoms with Gasteiger partial charge >= 0.3 is 0 Å². The molecule has 0 fully saturated rings. The predicted octanol–water partition coefficient (Wildman–Crippen LogP) is 4.31. The number of fused-ring (bicyclic) bond motifs is 1. The van der Waals surface area contributed by atoms with Gasteiger partial charge in [0.1, 0.15) is 5.82 Å². The molecule has 0 aromatic heterocycles. The van der Waals surface area contributed by atoms with Gasteiger partial charge in [-0.2, -0.15) is 0 Å². The van der Waals surface area contributed by atoms with Crippen LogP contribution in [0, 0.1) is 17.7 Å². The fraction of sp³-hybridized carbons (Fsp3) is 0.500. The van der Waals surface area contributed by atoms with Crippen molar-refractivity contribution in [2.75, 3.05) is 5.32 Å². The molecule has 4 heteroatoms. The molecule has 0 bridgehead atoms. The van der Waals surface area contributed by atoms with Crippen molar-refractivity contribution in [1.82, 2.24) is 0 Å². The van der Waals surface area contributed by atoms with Crippen molar-refractivity contribution >= 4 is 27.5 Å². The molecular formula is C14H17BrFNO. The minimum absolute atomic E-state index is 0.0168. The van der Waals surface area contributed by atoms with Gasteiger partial charge in [0.25, 0.3) is 0 Å². The Balaban J connectivity index is 2.50. The van der Waals surface area contributed by atoms with Gasteiger partial charge in [-0.3, -0.25) is 4.79 Å². The predicted molar refractivity (Wildman–Crippen MR) is 74.1 cm³/mol. The van der Waals surface area contributed by atoms with E-state index < -0.39 is 0 Å². The summed E-state index contributed by atoms with van der Waals surface area (Å²) in [6.45, 7) is 6.28. The molecule has 2 nitrogen and oxygen atoms in total. The van der Waals surface area contributed by atoms with Gasteiger partial charge in [-0.1, -0.05) is 27.2 Å². The zero-order valence-electron chi connectivity index (χ0n) is 10.8. The Labute approximate surface area is 115 Å². The minimum Gasteiger partial charge on any atom is -0.324 e. The zero-order chi connectivity index (χ0) is 13.4. The van der Waals surface area contributed by atoms with E-state index in [1.54, 1.807) is 0 Å². The maximum atomic E-state index is 13.5. The van der Waals surface area contributed by atoms with Crippen LogP contribution in [0.5, 0.6) is 0 Å². The number of hydrogen-bond donors (Lipinski definition) is 1. The second-order valence-electron chi connectivity index (χ2n) is 5.13. The van der Waals surface area contributed by atoms with Gasteiger partial charge in [0.05, 0.1) is 11.6 Å². The molecule has 0 radical (unpaired) electrons. The van der Waals surface area contributed by atoms with Crippen molar-refractivity contribution in [3.05, 3.63) is 28.0 Å². The summed E-state index contributed by atoms with van der Waals surface area (Å²) in [4.78, 5) is 12.1. The SMILES string of the molecule is CCC(C(C)C)C1C(=O)Nc2c(Br)cc(F)cc21. The number of amides is 1. The van der Waals surface area contributed by atoms with Crippen LogP contribution in [0.2, 0.25) is 0 Å². The lowest BCUT2D eigenvalue weighted by molar-refractivity contribution is -0.118. The van der Waals surface area contributed by atoms with Crippen LogP contribution in [0.3, 0.4) is 0 Å². The Kier molecular flexibility index (Phi) is 3.76. The third-order valence-electron chi connectivity index (χ3n) is 3.71. The van der Waals surface area contributed by atoms with E-state index in [9.17, 15) is 9.18 Å². The van der Waals surface area contributed by atoms with Crippen LogP contribution in [0.25, 0.3) is 0 Å². The molecule has 2 rings (SSSR count).